The van der Waals surface area contributed by atoms with Gasteiger partial charge in [-0.25, -0.2) is 13.8 Å². The summed E-state index contributed by atoms with van der Waals surface area (Å²) in [5.41, 5.74) is 2.03. The Bertz CT molecular complexity index is 440. The second-order valence-corrected chi connectivity index (χ2v) is 3.70. The Morgan fingerprint density at radius 2 is 2.12 bits per heavy atom. The highest BCUT2D eigenvalue weighted by Crippen LogP contribution is 2.17. The maximum Gasteiger partial charge on any atom is 0.276 e. The van der Waals surface area contributed by atoms with E-state index in [2.05, 4.69) is 9.98 Å². The number of alkyl halides is 2. The molecule has 0 bridgehead atoms. The van der Waals surface area contributed by atoms with Crippen molar-refractivity contribution in [2.75, 3.05) is 0 Å². The molecule has 0 aliphatic heterocycles. The zero-order valence-corrected chi connectivity index (χ0v) is 10.2. The van der Waals surface area contributed by atoms with E-state index in [1.807, 2.05) is 19.9 Å². The number of nitrogens with zero attached hydrogens (tertiary/aromatic N) is 1. The molecule has 0 atom stereocenters. The number of rotatable bonds is 4. The summed E-state index contributed by atoms with van der Waals surface area (Å²) in [6.07, 6.45) is 2.88. The Morgan fingerprint density at radius 3 is 2.59 bits per heavy atom. The number of hydrogen-bond acceptors (Lipinski definition) is 1. The number of aromatic nitrogens is 1. The molecular formula is C13H16F2N2. The number of aromatic amines is 1. The van der Waals surface area contributed by atoms with Crippen molar-refractivity contribution in [1.29, 1.82) is 0 Å². The third kappa shape index (κ3) is 3.98. The second-order valence-electron chi connectivity index (χ2n) is 3.70. The van der Waals surface area contributed by atoms with Crippen LogP contribution in [0, 0.1) is 0 Å². The number of halogens is 2. The van der Waals surface area contributed by atoms with Gasteiger partial charge in [-0.15, -0.1) is 0 Å². The van der Waals surface area contributed by atoms with Gasteiger partial charge in [-0.1, -0.05) is 11.6 Å². The van der Waals surface area contributed by atoms with Crippen molar-refractivity contribution in [3.8, 4) is 0 Å². The summed E-state index contributed by atoms with van der Waals surface area (Å²) >= 11 is 0. The van der Waals surface area contributed by atoms with Crippen LogP contribution >= 0.6 is 0 Å². The Balaban J connectivity index is 3.13. The molecule has 0 fully saturated rings. The molecule has 0 spiro atoms. The molecule has 0 aromatic carbocycles. The van der Waals surface area contributed by atoms with Crippen LogP contribution in [-0.4, -0.2) is 17.1 Å². The molecule has 1 aromatic heterocycles. The van der Waals surface area contributed by atoms with Gasteiger partial charge in [0, 0.05) is 6.20 Å². The smallest absolute Gasteiger partial charge is 0.276 e. The Morgan fingerprint density at radius 1 is 1.41 bits per heavy atom. The van der Waals surface area contributed by atoms with E-state index in [1.165, 1.54) is 6.92 Å². The molecule has 17 heavy (non-hydrogen) atoms. The molecule has 0 saturated carbocycles. The molecular weight excluding hydrogens is 222 g/mol. The third-order valence-corrected chi connectivity index (χ3v) is 2.31. The van der Waals surface area contributed by atoms with Crippen LogP contribution in [-0.2, 0) is 0 Å². The number of nitrogens with one attached hydrogen (secondary N) is 1. The van der Waals surface area contributed by atoms with E-state index in [1.54, 1.807) is 24.4 Å². The van der Waals surface area contributed by atoms with Crippen LogP contribution in [0.5, 0.6) is 0 Å². The van der Waals surface area contributed by atoms with Gasteiger partial charge in [0.15, 0.2) is 0 Å². The van der Waals surface area contributed by atoms with E-state index in [4.69, 9.17) is 0 Å². The Kier molecular flexibility index (Phi) is 4.82. The number of hydrogen-bond donors (Lipinski definition) is 1. The number of H-pyrrole nitrogens is 1. The lowest BCUT2D eigenvalue weighted by molar-refractivity contribution is 0.225. The average molecular weight is 238 g/mol. The molecule has 0 aliphatic rings. The SMILES string of the molecule is C/C=C(C)/C=C(\N=C(C)C(F)F)c1ccc[nH]1. The highest BCUT2D eigenvalue weighted by molar-refractivity contribution is 5.90. The normalized spacial score (nSPS) is 14.6. The zero-order valence-electron chi connectivity index (χ0n) is 10.2. The zero-order chi connectivity index (χ0) is 12.8. The first-order valence-electron chi connectivity index (χ1n) is 5.36. The summed E-state index contributed by atoms with van der Waals surface area (Å²) in [6.45, 7) is 5.12. The predicted octanol–water partition coefficient (Wildman–Crippen LogP) is 4.05. The summed E-state index contributed by atoms with van der Waals surface area (Å²) in [5, 5.41) is 0. The van der Waals surface area contributed by atoms with Gasteiger partial charge in [0.1, 0.15) is 0 Å². The van der Waals surface area contributed by atoms with Crippen LogP contribution in [0.2, 0.25) is 0 Å². The molecule has 2 nitrogen and oxygen atoms in total. The summed E-state index contributed by atoms with van der Waals surface area (Å²) in [4.78, 5) is 6.93. The molecule has 0 radical (unpaired) electrons. The minimum absolute atomic E-state index is 0.185. The van der Waals surface area contributed by atoms with Crippen LogP contribution in [0.4, 0.5) is 8.78 Å². The van der Waals surface area contributed by atoms with Gasteiger partial charge in [-0.3, -0.25) is 0 Å². The van der Waals surface area contributed by atoms with Crippen LogP contribution in [0.15, 0.2) is 41.0 Å². The van der Waals surface area contributed by atoms with E-state index in [0.717, 1.165) is 11.3 Å². The van der Waals surface area contributed by atoms with Crippen molar-refractivity contribution in [2.45, 2.75) is 27.2 Å². The van der Waals surface area contributed by atoms with Crippen molar-refractivity contribution in [3.05, 3.63) is 41.7 Å². The predicted molar refractivity (Wildman–Crippen MR) is 67.3 cm³/mol. The largest absolute Gasteiger partial charge is 0.360 e. The maximum atomic E-state index is 12.5. The Hall–Kier alpha value is -1.71. The van der Waals surface area contributed by atoms with Crippen LogP contribution in [0.1, 0.15) is 26.5 Å². The molecule has 1 rings (SSSR count). The van der Waals surface area contributed by atoms with E-state index >= 15 is 0 Å². The van der Waals surface area contributed by atoms with E-state index in [-0.39, 0.29) is 5.71 Å². The first kappa shape index (κ1) is 13.4. The molecule has 1 N–H and O–H groups in total. The van der Waals surface area contributed by atoms with Crippen LogP contribution in [0.25, 0.3) is 5.70 Å². The molecule has 0 aliphatic carbocycles. The average Bonchev–Trinajstić information content (AvgIpc) is 2.80. The summed E-state index contributed by atoms with van der Waals surface area (Å²) in [6, 6.07) is 3.61. The van der Waals surface area contributed by atoms with E-state index in [0.29, 0.717) is 5.70 Å². The van der Waals surface area contributed by atoms with Gasteiger partial charge in [0.05, 0.1) is 17.1 Å². The molecule has 0 amide bonds. The fraction of sp³-hybridized carbons (Fsp3) is 0.308. The maximum absolute atomic E-state index is 12.5. The van der Waals surface area contributed by atoms with E-state index < -0.39 is 6.43 Å². The summed E-state index contributed by atoms with van der Waals surface area (Å²) < 4.78 is 24.9. The standard InChI is InChI=1S/C13H16F2N2/c1-4-9(2)8-12(11-6-5-7-16-11)17-10(3)13(14)15/h4-8,13,16H,1-3H3/b9-4+,12-8-,17-10?. The highest BCUT2D eigenvalue weighted by Gasteiger charge is 2.09. The van der Waals surface area contributed by atoms with Crippen molar-refractivity contribution < 1.29 is 8.78 Å². The fourth-order valence-electron chi connectivity index (χ4n) is 1.20. The topological polar surface area (TPSA) is 28.1 Å². The van der Waals surface area contributed by atoms with E-state index in [9.17, 15) is 8.78 Å². The van der Waals surface area contributed by atoms with Crippen LogP contribution < -0.4 is 0 Å². The lowest BCUT2D eigenvalue weighted by Crippen LogP contribution is -2.05. The second kappa shape index (κ2) is 6.13. The summed E-state index contributed by atoms with van der Waals surface area (Å²) in [5.74, 6) is 0. The van der Waals surface area contributed by atoms with Gasteiger partial charge in [-0.2, -0.15) is 0 Å². The first-order valence-corrected chi connectivity index (χ1v) is 5.36. The lowest BCUT2D eigenvalue weighted by atomic mass is 10.2. The van der Waals surface area contributed by atoms with Gasteiger partial charge < -0.3 is 4.98 Å². The highest BCUT2D eigenvalue weighted by atomic mass is 19.3. The van der Waals surface area contributed by atoms with Crippen molar-refractivity contribution in [2.24, 2.45) is 4.99 Å². The molecule has 92 valence electrons. The van der Waals surface area contributed by atoms with Gasteiger partial charge in [0.2, 0.25) is 0 Å². The van der Waals surface area contributed by atoms with Crippen LogP contribution in [0.3, 0.4) is 0 Å². The monoisotopic (exact) mass is 238 g/mol. The first-order chi connectivity index (χ1) is 8.04. The molecule has 1 aromatic rings. The van der Waals surface area contributed by atoms with Crippen molar-refractivity contribution in [1.82, 2.24) is 4.98 Å². The number of aliphatic imine (C=N–C) groups is 1. The third-order valence-electron chi connectivity index (χ3n) is 2.31. The molecule has 0 unspecified atom stereocenters. The fourth-order valence-corrected chi connectivity index (χ4v) is 1.20. The lowest BCUT2D eigenvalue weighted by Gasteiger charge is -2.03. The molecule has 0 saturated heterocycles. The van der Waals surface area contributed by atoms with Gasteiger partial charge in [-0.05, 0) is 39.0 Å². The quantitative estimate of drug-likeness (QED) is 0.605. The Labute approximate surface area is 99.8 Å². The van der Waals surface area contributed by atoms with Gasteiger partial charge >= 0.3 is 0 Å². The molecule has 1 heterocycles. The summed E-state index contributed by atoms with van der Waals surface area (Å²) in [7, 11) is 0. The number of allylic oxidation sites excluding steroid dienone is 3. The molecule has 4 heteroatoms. The minimum atomic E-state index is -2.53. The van der Waals surface area contributed by atoms with Gasteiger partial charge in [0.25, 0.3) is 6.43 Å². The van der Waals surface area contributed by atoms with Crippen molar-refractivity contribution in [3.63, 3.8) is 0 Å². The van der Waals surface area contributed by atoms with Crippen molar-refractivity contribution >= 4 is 11.4 Å². The minimum Gasteiger partial charge on any atom is -0.360 e.